The molecule has 1 aromatic rings. The number of nitrogens with one attached hydrogen (secondary N) is 1. The molecule has 0 aromatic heterocycles. The fourth-order valence-corrected chi connectivity index (χ4v) is 1.55. The quantitative estimate of drug-likeness (QED) is 0.408. The summed E-state index contributed by atoms with van der Waals surface area (Å²) in [5.74, 6) is -0.816. The Balaban J connectivity index is 2.41. The van der Waals surface area contributed by atoms with Gasteiger partial charge in [0.15, 0.2) is 0 Å². The molecule has 2 N–H and O–H groups in total. The third-order valence-corrected chi connectivity index (χ3v) is 2.20. The van der Waals surface area contributed by atoms with Crippen LogP contribution in [0.2, 0.25) is 0 Å². The summed E-state index contributed by atoms with van der Waals surface area (Å²) < 4.78 is 0. The molecule has 2 rings (SSSR count). The van der Waals surface area contributed by atoms with Crippen molar-refractivity contribution >= 4 is 29.4 Å². The smallest absolute Gasteiger partial charge is 0.273 e. The first-order valence-corrected chi connectivity index (χ1v) is 4.60. The molecule has 1 heterocycles. The molecule has 0 atom stereocenters. The minimum Gasteiger partial charge on any atom is -0.411 e. The number of oxime groups is 1. The molecule has 1 aromatic carbocycles. The zero-order valence-electron chi connectivity index (χ0n) is 8.25. The van der Waals surface area contributed by atoms with Crippen molar-refractivity contribution in [3.05, 3.63) is 24.3 Å². The van der Waals surface area contributed by atoms with E-state index in [1.807, 2.05) is 0 Å². The first kappa shape index (κ1) is 10.2. The summed E-state index contributed by atoms with van der Waals surface area (Å²) in [5.41, 5.74) is 1.16. The van der Waals surface area contributed by atoms with Gasteiger partial charge >= 0.3 is 0 Å². The van der Waals surface area contributed by atoms with Gasteiger partial charge in [0.1, 0.15) is 12.8 Å². The van der Waals surface area contributed by atoms with E-state index in [2.05, 4.69) is 10.5 Å². The number of carbonyl (C=O) groups excluding carboxylic acids is 2. The fraction of sp³-hybridized carbons (Fsp3) is 0.100. The van der Waals surface area contributed by atoms with Crippen LogP contribution in [0, 0.1) is 0 Å². The monoisotopic (exact) mass is 219 g/mol. The van der Waals surface area contributed by atoms with Crippen LogP contribution in [-0.2, 0) is 9.59 Å². The van der Waals surface area contributed by atoms with Crippen molar-refractivity contribution in [1.82, 2.24) is 0 Å². The summed E-state index contributed by atoms with van der Waals surface area (Å²) in [7, 11) is 0. The van der Waals surface area contributed by atoms with Crippen LogP contribution in [0.5, 0.6) is 0 Å². The highest BCUT2D eigenvalue weighted by Gasteiger charge is 2.25. The third kappa shape index (κ3) is 1.72. The van der Waals surface area contributed by atoms with Crippen molar-refractivity contribution < 1.29 is 14.8 Å². The predicted octanol–water partition coefficient (Wildman–Crippen LogP) is 0.432. The van der Waals surface area contributed by atoms with Gasteiger partial charge in [-0.15, -0.1) is 0 Å². The molecule has 16 heavy (non-hydrogen) atoms. The Morgan fingerprint density at radius 2 is 2.25 bits per heavy atom. The summed E-state index contributed by atoms with van der Waals surface area (Å²) in [6.07, 6.45) is 0.759. The lowest BCUT2D eigenvalue weighted by Gasteiger charge is -2.27. The van der Waals surface area contributed by atoms with Gasteiger partial charge in [0.05, 0.1) is 11.4 Å². The number of anilines is 2. The van der Waals surface area contributed by atoms with Gasteiger partial charge in [-0.1, -0.05) is 17.3 Å². The minimum absolute atomic E-state index is 0.0815. The highest BCUT2D eigenvalue weighted by atomic mass is 16.4. The maximum atomic E-state index is 11.5. The van der Waals surface area contributed by atoms with Crippen LogP contribution < -0.4 is 10.2 Å². The number of carbonyl (C=O) groups is 2. The van der Waals surface area contributed by atoms with E-state index in [1.165, 1.54) is 4.90 Å². The van der Waals surface area contributed by atoms with Crippen molar-refractivity contribution in [3.8, 4) is 0 Å². The largest absolute Gasteiger partial charge is 0.411 e. The molecule has 1 aliphatic rings. The van der Waals surface area contributed by atoms with Gasteiger partial charge in [-0.05, 0) is 12.1 Å². The molecule has 82 valence electrons. The summed E-state index contributed by atoms with van der Waals surface area (Å²) >= 11 is 0. The normalized spacial score (nSPS) is 14.8. The third-order valence-electron chi connectivity index (χ3n) is 2.20. The van der Waals surface area contributed by atoms with Crippen LogP contribution in [0.1, 0.15) is 0 Å². The maximum Gasteiger partial charge on any atom is 0.273 e. The highest BCUT2D eigenvalue weighted by Crippen LogP contribution is 2.28. The Bertz CT molecular complexity index is 470. The van der Waals surface area contributed by atoms with E-state index >= 15 is 0 Å². The molecule has 0 spiro atoms. The molecule has 0 saturated heterocycles. The van der Waals surface area contributed by atoms with E-state index in [-0.39, 0.29) is 12.5 Å². The number of fused-ring (bicyclic) bond motifs is 1. The van der Waals surface area contributed by atoms with Gasteiger partial charge in [0.25, 0.3) is 5.91 Å². The van der Waals surface area contributed by atoms with E-state index in [9.17, 15) is 9.59 Å². The van der Waals surface area contributed by atoms with E-state index in [4.69, 9.17) is 5.21 Å². The van der Waals surface area contributed by atoms with Gasteiger partial charge < -0.3 is 10.5 Å². The summed E-state index contributed by atoms with van der Waals surface area (Å²) in [5, 5.41) is 13.6. The van der Waals surface area contributed by atoms with E-state index in [0.29, 0.717) is 11.4 Å². The standard InChI is InChI=1S/C10H9N3O3/c14-9-6-13(10(15)5-11-16)8-4-2-1-3-7(8)12-9/h1-5,16H,6H2,(H,12,14)/b11-5+. The molecule has 0 radical (unpaired) electrons. The van der Waals surface area contributed by atoms with Gasteiger partial charge in [0.2, 0.25) is 5.91 Å². The van der Waals surface area contributed by atoms with Crippen molar-refractivity contribution in [3.63, 3.8) is 0 Å². The molecule has 1 aliphatic heterocycles. The van der Waals surface area contributed by atoms with E-state index < -0.39 is 5.91 Å². The number of hydrogen-bond donors (Lipinski definition) is 2. The zero-order chi connectivity index (χ0) is 11.5. The molecule has 6 heteroatoms. The number of nitrogens with zero attached hydrogens (tertiary/aromatic N) is 2. The molecule has 0 bridgehead atoms. The van der Waals surface area contributed by atoms with Gasteiger partial charge in [-0.3, -0.25) is 14.5 Å². The number of benzene rings is 1. The van der Waals surface area contributed by atoms with Gasteiger partial charge in [-0.25, -0.2) is 0 Å². The Morgan fingerprint density at radius 3 is 3.00 bits per heavy atom. The number of amides is 2. The lowest BCUT2D eigenvalue weighted by atomic mass is 10.2. The Kier molecular flexibility index (Phi) is 2.55. The van der Waals surface area contributed by atoms with Crippen LogP contribution in [0.25, 0.3) is 0 Å². The molecule has 0 unspecified atom stereocenters. The second-order valence-electron chi connectivity index (χ2n) is 3.23. The van der Waals surface area contributed by atoms with Crippen molar-refractivity contribution in [2.45, 2.75) is 0 Å². The van der Waals surface area contributed by atoms with Crippen molar-refractivity contribution in [2.24, 2.45) is 5.16 Å². The number of hydrogen-bond acceptors (Lipinski definition) is 4. The highest BCUT2D eigenvalue weighted by molar-refractivity contribution is 6.34. The maximum absolute atomic E-state index is 11.5. The number of rotatable bonds is 1. The van der Waals surface area contributed by atoms with Crippen molar-refractivity contribution in [2.75, 3.05) is 16.8 Å². The van der Waals surface area contributed by atoms with Gasteiger partial charge in [0, 0.05) is 0 Å². The zero-order valence-corrected chi connectivity index (χ0v) is 8.25. The van der Waals surface area contributed by atoms with E-state index in [1.54, 1.807) is 24.3 Å². The molecule has 0 saturated carbocycles. The first-order valence-electron chi connectivity index (χ1n) is 4.60. The molecule has 0 aliphatic carbocycles. The molecule has 0 fully saturated rings. The van der Waals surface area contributed by atoms with Crippen molar-refractivity contribution in [1.29, 1.82) is 0 Å². The van der Waals surface area contributed by atoms with Crippen LogP contribution in [0.4, 0.5) is 11.4 Å². The van der Waals surface area contributed by atoms with Crippen LogP contribution in [0.3, 0.4) is 0 Å². The van der Waals surface area contributed by atoms with Gasteiger partial charge in [-0.2, -0.15) is 0 Å². The Labute approximate surface area is 91.2 Å². The molecule has 2 amide bonds. The molecule has 6 nitrogen and oxygen atoms in total. The fourth-order valence-electron chi connectivity index (χ4n) is 1.55. The minimum atomic E-state index is -0.537. The predicted molar refractivity (Wildman–Crippen MR) is 57.7 cm³/mol. The summed E-state index contributed by atoms with van der Waals surface area (Å²) in [4.78, 5) is 24.1. The SMILES string of the molecule is O=C1CN(C(=O)/C=N/O)c2ccccc2N1. The second-order valence-corrected chi connectivity index (χ2v) is 3.23. The first-order chi connectivity index (χ1) is 7.72. The Morgan fingerprint density at radius 1 is 1.50 bits per heavy atom. The lowest BCUT2D eigenvalue weighted by Crippen LogP contribution is -2.42. The second kappa shape index (κ2) is 4.01. The summed E-state index contributed by atoms with van der Waals surface area (Å²) in [6, 6.07) is 6.92. The lowest BCUT2D eigenvalue weighted by molar-refractivity contribution is -0.118. The van der Waals surface area contributed by atoms with Crippen LogP contribution >= 0.6 is 0 Å². The number of para-hydroxylation sites is 2. The van der Waals surface area contributed by atoms with Crippen LogP contribution in [-0.4, -0.2) is 29.8 Å². The average Bonchev–Trinajstić information content (AvgIpc) is 2.28. The topological polar surface area (TPSA) is 82.0 Å². The molecular formula is C10H9N3O3. The van der Waals surface area contributed by atoms with Crippen LogP contribution in [0.15, 0.2) is 29.4 Å². The summed E-state index contributed by atoms with van der Waals surface area (Å²) in [6.45, 7) is -0.0815. The average molecular weight is 219 g/mol. The van der Waals surface area contributed by atoms with E-state index in [0.717, 1.165) is 6.21 Å². The Hall–Kier alpha value is -2.37. The molecular weight excluding hydrogens is 210 g/mol.